The third kappa shape index (κ3) is 4.10. The van der Waals surface area contributed by atoms with Gasteiger partial charge in [-0.1, -0.05) is 30.3 Å². The van der Waals surface area contributed by atoms with Gasteiger partial charge in [0.15, 0.2) is 23.0 Å². The molecule has 1 amide bonds. The van der Waals surface area contributed by atoms with Crippen molar-refractivity contribution in [3.8, 4) is 17.2 Å². The van der Waals surface area contributed by atoms with Crippen LogP contribution in [-0.2, 0) is 11.2 Å². The number of nitrogens with zero attached hydrogens (tertiary/aromatic N) is 1. The van der Waals surface area contributed by atoms with Gasteiger partial charge in [0.25, 0.3) is 5.91 Å². The van der Waals surface area contributed by atoms with Gasteiger partial charge >= 0.3 is 0 Å². The number of methoxy groups -OCH3 is 3. The second-order valence-electron chi connectivity index (χ2n) is 7.66. The Balaban J connectivity index is 1.82. The standard InChI is InChI=1S/C26H25NO7/c1-31-19-14-17(15-20(32-2)25(19)33-3)22-21(23(28)18-10-7-13-34-18)24(29)26(30)27(22)12-11-16-8-5-4-6-9-16/h4-10,13-15,22,29H,11-12H2,1-3H3. The fourth-order valence-electron chi connectivity index (χ4n) is 4.16. The number of amides is 1. The fourth-order valence-corrected chi connectivity index (χ4v) is 4.16. The number of carbonyl (C=O) groups excluding carboxylic acids is 2. The second kappa shape index (κ2) is 9.74. The Morgan fingerprint density at radius 1 is 1.00 bits per heavy atom. The van der Waals surface area contributed by atoms with E-state index in [2.05, 4.69) is 0 Å². The van der Waals surface area contributed by atoms with Gasteiger partial charge in [-0.2, -0.15) is 0 Å². The molecule has 8 heteroatoms. The molecule has 4 rings (SSSR count). The van der Waals surface area contributed by atoms with E-state index >= 15 is 0 Å². The van der Waals surface area contributed by atoms with Crippen molar-refractivity contribution < 1.29 is 33.3 Å². The summed E-state index contributed by atoms with van der Waals surface area (Å²) in [6.45, 7) is 0.267. The van der Waals surface area contributed by atoms with E-state index in [-0.39, 0.29) is 17.9 Å². The summed E-state index contributed by atoms with van der Waals surface area (Å²) in [4.78, 5) is 28.0. The van der Waals surface area contributed by atoms with Crippen molar-refractivity contribution in [3.63, 3.8) is 0 Å². The normalized spacial score (nSPS) is 15.6. The molecule has 0 saturated carbocycles. The number of carbonyl (C=O) groups is 2. The molecule has 1 unspecified atom stereocenters. The van der Waals surface area contributed by atoms with Crippen LogP contribution >= 0.6 is 0 Å². The van der Waals surface area contributed by atoms with E-state index in [0.717, 1.165) is 5.56 Å². The minimum Gasteiger partial charge on any atom is -0.503 e. The number of aliphatic hydroxyl groups is 1. The average molecular weight is 463 g/mol. The monoisotopic (exact) mass is 463 g/mol. The molecule has 1 atom stereocenters. The lowest BCUT2D eigenvalue weighted by atomic mass is 9.94. The van der Waals surface area contributed by atoms with E-state index < -0.39 is 23.5 Å². The Hall–Kier alpha value is -4.20. The Kier molecular flexibility index (Phi) is 6.58. The molecule has 1 N–H and O–H groups in total. The van der Waals surface area contributed by atoms with Gasteiger partial charge in [0.05, 0.1) is 39.2 Å². The third-order valence-corrected chi connectivity index (χ3v) is 5.78. The fraction of sp³-hybridized carbons (Fsp3) is 0.231. The summed E-state index contributed by atoms with van der Waals surface area (Å²) in [7, 11) is 4.45. The lowest BCUT2D eigenvalue weighted by molar-refractivity contribution is -0.129. The van der Waals surface area contributed by atoms with E-state index in [1.165, 1.54) is 38.6 Å². The van der Waals surface area contributed by atoms with Gasteiger partial charge in [0.2, 0.25) is 11.5 Å². The molecule has 176 valence electrons. The number of furan rings is 1. The van der Waals surface area contributed by atoms with Crippen molar-refractivity contribution in [3.05, 3.63) is 89.1 Å². The zero-order chi connectivity index (χ0) is 24.2. The van der Waals surface area contributed by atoms with Crippen LogP contribution in [-0.4, -0.2) is 49.6 Å². The van der Waals surface area contributed by atoms with Gasteiger partial charge in [-0.05, 0) is 41.8 Å². The summed E-state index contributed by atoms with van der Waals surface area (Å²) >= 11 is 0. The highest BCUT2D eigenvalue weighted by Crippen LogP contribution is 2.45. The van der Waals surface area contributed by atoms with E-state index in [1.54, 1.807) is 18.2 Å². The molecule has 8 nitrogen and oxygen atoms in total. The summed E-state index contributed by atoms with van der Waals surface area (Å²) in [5.41, 5.74) is 1.47. The Morgan fingerprint density at radius 2 is 1.68 bits per heavy atom. The van der Waals surface area contributed by atoms with Gasteiger partial charge in [0, 0.05) is 6.54 Å². The Labute approximate surface area is 197 Å². The molecule has 1 aliphatic heterocycles. The van der Waals surface area contributed by atoms with Crippen molar-refractivity contribution in [2.45, 2.75) is 12.5 Å². The first-order chi connectivity index (χ1) is 16.5. The van der Waals surface area contributed by atoms with Crippen LogP contribution in [0.25, 0.3) is 0 Å². The molecule has 2 heterocycles. The molecular weight excluding hydrogens is 438 g/mol. The number of hydrogen-bond donors (Lipinski definition) is 1. The van der Waals surface area contributed by atoms with E-state index in [1.807, 2.05) is 30.3 Å². The zero-order valence-electron chi connectivity index (χ0n) is 19.1. The minimum atomic E-state index is -0.887. The van der Waals surface area contributed by atoms with Crippen molar-refractivity contribution in [1.82, 2.24) is 4.90 Å². The number of rotatable bonds is 9. The summed E-state index contributed by atoms with van der Waals surface area (Å²) < 4.78 is 21.6. The van der Waals surface area contributed by atoms with E-state index in [4.69, 9.17) is 18.6 Å². The van der Waals surface area contributed by atoms with Crippen molar-refractivity contribution >= 4 is 11.7 Å². The summed E-state index contributed by atoms with van der Waals surface area (Å²) in [5, 5.41) is 10.8. The molecule has 0 fully saturated rings. The number of Topliss-reactive ketones (excluding diaryl/α,β-unsaturated/α-hetero) is 1. The van der Waals surface area contributed by atoms with Gasteiger partial charge < -0.3 is 28.6 Å². The van der Waals surface area contributed by atoms with Crippen molar-refractivity contribution in [2.75, 3.05) is 27.9 Å². The SMILES string of the molecule is COc1cc(C2C(C(=O)c3ccco3)=C(O)C(=O)N2CCc2ccccc2)cc(OC)c1OC. The molecule has 0 radical (unpaired) electrons. The largest absolute Gasteiger partial charge is 0.503 e. The van der Waals surface area contributed by atoms with Crippen LogP contribution in [0.2, 0.25) is 0 Å². The quantitative estimate of drug-likeness (QED) is 0.477. The number of benzene rings is 2. The van der Waals surface area contributed by atoms with Crippen LogP contribution in [0.5, 0.6) is 17.2 Å². The molecule has 0 spiro atoms. The van der Waals surface area contributed by atoms with E-state index in [9.17, 15) is 14.7 Å². The molecule has 34 heavy (non-hydrogen) atoms. The molecule has 1 aromatic heterocycles. The Morgan fingerprint density at radius 3 is 2.24 bits per heavy atom. The highest BCUT2D eigenvalue weighted by atomic mass is 16.5. The van der Waals surface area contributed by atoms with Gasteiger partial charge in [-0.25, -0.2) is 0 Å². The lowest BCUT2D eigenvalue weighted by Crippen LogP contribution is -2.33. The van der Waals surface area contributed by atoms with Crippen molar-refractivity contribution in [1.29, 1.82) is 0 Å². The predicted molar refractivity (Wildman–Crippen MR) is 123 cm³/mol. The molecule has 0 saturated heterocycles. The molecular formula is C26H25NO7. The van der Waals surface area contributed by atoms with Crippen LogP contribution in [0, 0.1) is 0 Å². The van der Waals surface area contributed by atoms with Gasteiger partial charge in [0.1, 0.15) is 0 Å². The smallest absolute Gasteiger partial charge is 0.290 e. The maximum Gasteiger partial charge on any atom is 0.290 e. The zero-order valence-corrected chi connectivity index (χ0v) is 19.1. The topological polar surface area (TPSA) is 98.4 Å². The van der Waals surface area contributed by atoms with Crippen LogP contribution in [0.15, 0.2) is 76.6 Å². The summed E-state index contributed by atoms with van der Waals surface area (Å²) in [6.07, 6.45) is 1.90. The molecule has 3 aromatic rings. The van der Waals surface area contributed by atoms with Crippen LogP contribution in [0.1, 0.15) is 27.7 Å². The molecule has 1 aliphatic rings. The summed E-state index contributed by atoms with van der Waals surface area (Å²) in [6, 6.07) is 15.2. The maximum absolute atomic E-state index is 13.3. The van der Waals surface area contributed by atoms with Crippen LogP contribution in [0.4, 0.5) is 0 Å². The lowest BCUT2D eigenvalue weighted by Gasteiger charge is -2.27. The highest BCUT2D eigenvalue weighted by molar-refractivity contribution is 6.15. The first kappa shape index (κ1) is 23.0. The molecule has 0 bridgehead atoms. The maximum atomic E-state index is 13.3. The number of ketones is 1. The first-order valence-corrected chi connectivity index (χ1v) is 10.7. The summed E-state index contributed by atoms with van der Waals surface area (Å²) in [5.74, 6) is -0.681. The molecule has 2 aromatic carbocycles. The second-order valence-corrected chi connectivity index (χ2v) is 7.66. The van der Waals surface area contributed by atoms with E-state index in [0.29, 0.717) is 29.2 Å². The number of hydrogen-bond acceptors (Lipinski definition) is 7. The highest BCUT2D eigenvalue weighted by Gasteiger charge is 2.44. The average Bonchev–Trinajstić information content (AvgIpc) is 3.49. The number of aliphatic hydroxyl groups excluding tert-OH is 1. The molecule has 0 aliphatic carbocycles. The van der Waals surface area contributed by atoms with Gasteiger partial charge in [-0.3, -0.25) is 9.59 Å². The predicted octanol–water partition coefficient (Wildman–Crippen LogP) is 4.13. The van der Waals surface area contributed by atoms with Crippen LogP contribution < -0.4 is 14.2 Å². The minimum absolute atomic E-state index is 0.0247. The Bertz CT molecular complexity index is 1190. The van der Waals surface area contributed by atoms with Gasteiger partial charge in [-0.15, -0.1) is 0 Å². The first-order valence-electron chi connectivity index (χ1n) is 10.7. The van der Waals surface area contributed by atoms with Crippen LogP contribution in [0.3, 0.4) is 0 Å². The third-order valence-electron chi connectivity index (χ3n) is 5.78. The van der Waals surface area contributed by atoms with Crippen molar-refractivity contribution in [2.24, 2.45) is 0 Å². The number of ether oxygens (including phenoxy) is 3.